The molecule has 9 rings (SSSR count). The van der Waals surface area contributed by atoms with Gasteiger partial charge in [-0.1, -0.05) is 164 Å². The van der Waals surface area contributed by atoms with E-state index in [9.17, 15) is 0 Å². The van der Waals surface area contributed by atoms with Crippen LogP contribution in [-0.4, -0.2) is 15.0 Å². The van der Waals surface area contributed by atoms with Crippen LogP contribution in [0.15, 0.2) is 176 Å². The normalized spacial score (nSPS) is 11.3. The lowest BCUT2D eigenvalue weighted by Gasteiger charge is -2.11. The minimum absolute atomic E-state index is 0.646. The van der Waals surface area contributed by atoms with Gasteiger partial charge in [0.05, 0.1) is 0 Å². The predicted molar refractivity (Wildman–Crippen MR) is 205 cm³/mol. The number of benzene rings is 7. The predicted octanol–water partition coefficient (Wildman–Crippen LogP) is 12.2. The van der Waals surface area contributed by atoms with Crippen molar-refractivity contribution in [2.45, 2.75) is 0 Å². The summed E-state index contributed by atoms with van der Waals surface area (Å²) in [6.07, 6.45) is 0. The van der Waals surface area contributed by atoms with Crippen molar-refractivity contribution in [3.05, 3.63) is 176 Å². The maximum Gasteiger partial charge on any atom is 0.165 e. The summed E-state index contributed by atoms with van der Waals surface area (Å²) in [5.41, 5.74) is 9.94. The molecule has 0 aliphatic rings. The first-order valence-electron chi connectivity index (χ1n) is 16.4. The zero-order chi connectivity index (χ0) is 32.6. The van der Waals surface area contributed by atoms with Gasteiger partial charge in [0.15, 0.2) is 17.5 Å². The average Bonchev–Trinajstić information content (AvgIpc) is 3.58. The number of fused-ring (bicyclic) bond motifs is 3. The second kappa shape index (κ2) is 12.4. The van der Waals surface area contributed by atoms with Crippen LogP contribution in [0.3, 0.4) is 0 Å². The van der Waals surface area contributed by atoms with Gasteiger partial charge in [-0.3, -0.25) is 0 Å². The van der Waals surface area contributed by atoms with Crippen LogP contribution in [0.25, 0.3) is 87.7 Å². The van der Waals surface area contributed by atoms with Crippen molar-refractivity contribution in [2.75, 3.05) is 0 Å². The van der Waals surface area contributed by atoms with Crippen LogP contribution < -0.4 is 0 Å². The van der Waals surface area contributed by atoms with E-state index < -0.39 is 0 Å². The number of aromatic nitrogens is 3. The summed E-state index contributed by atoms with van der Waals surface area (Å²) in [6, 6.07) is 61.5. The molecule has 230 valence electrons. The van der Waals surface area contributed by atoms with Gasteiger partial charge < -0.3 is 0 Å². The molecule has 49 heavy (non-hydrogen) atoms. The summed E-state index contributed by atoms with van der Waals surface area (Å²) in [5, 5.41) is 2.45. The SMILES string of the molecule is c1ccc(-c2ccc(-c3nc(-c4cccc(-c5ccccc5)c4)nc(-c4cccc5c4sc4c(-c6ccccc6)cccc45)n3)cc2)cc1. The molecule has 9 aromatic rings. The lowest BCUT2D eigenvalue weighted by molar-refractivity contribution is 1.08. The molecule has 2 heterocycles. The molecule has 0 atom stereocenters. The van der Waals surface area contributed by atoms with Gasteiger partial charge in [-0.15, -0.1) is 11.3 Å². The van der Waals surface area contributed by atoms with Crippen molar-refractivity contribution in [2.24, 2.45) is 0 Å². The van der Waals surface area contributed by atoms with E-state index in [0.29, 0.717) is 17.5 Å². The molecular weight excluding hydrogens is 615 g/mol. The fraction of sp³-hybridized carbons (Fsp3) is 0. The summed E-state index contributed by atoms with van der Waals surface area (Å²) >= 11 is 1.81. The van der Waals surface area contributed by atoms with Gasteiger partial charge >= 0.3 is 0 Å². The van der Waals surface area contributed by atoms with E-state index in [4.69, 9.17) is 15.0 Å². The van der Waals surface area contributed by atoms with Crippen molar-refractivity contribution >= 4 is 31.5 Å². The largest absolute Gasteiger partial charge is 0.208 e. The molecule has 2 aromatic heterocycles. The maximum atomic E-state index is 5.18. The first-order chi connectivity index (χ1) is 24.3. The van der Waals surface area contributed by atoms with Gasteiger partial charge in [-0.05, 0) is 45.5 Å². The van der Waals surface area contributed by atoms with Crippen LogP contribution in [-0.2, 0) is 0 Å². The Labute approximate surface area is 288 Å². The molecule has 0 saturated carbocycles. The second-order valence-electron chi connectivity index (χ2n) is 12.0. The molecule has 0 spiro atoms. The summed E-state index contributed by atoms with van der Waals surface area (Å²) in [7, 11) is 0. The highest BCUT2D eigenvalue weighted by Gasteiger charge is 2.18. The van der Waals surface area contributed by atoms with Gasteiger partial charge in [0.1, 0.15) is 0 Å². The Morgan fingerprint density at radius 2 is 0.714 bits per heavy atom. The number of rotatable bonds is 6. The summed E-state index contributed by atoms with van der Waals surface area (Å²) in [4.78, 5) is 15.4. The van der Waals surface area contributed by atoms with E-state index in [1.54, 1.807) is 11.3 Å². The molecular formula is C45H29N3S. The number of thiophene rings is 1. The summed E-state index contributed by atoms with van der Waals surface area (Å²) in [5.74, 6) is 1.96. The fourth-order valence-electron chi connectivity index (χ4n) is 6.51. The lowest BCUT2D eigenvalue weighted by atomic mass is 10.0. The van der Waals surface area contributed by atoms with Crippen LogP contribution in [0.1, 0.15) is 0 Å². The third-order valence-corrected chi connectivity index (χ3v) is 10.3. The molecule has 0 unspecified atom stereocenters. The molecule has 7 aromatic carbocycles. The second-order valence-corrected chi connectivity index (χ2v) is 13.0. The van der Waals surface area contributed by atoms with Gasteiger partial charge in [-0.2, -0.15) is 0 Å². The number of hydrogen-bond donors (Lipinski definition) is 0. The Hall–Kier alpha value is -6.23. The minimum Gasteiger partial charge on any atom is -0.208 e. The highest BCUT2D eigenvalue weighted by Crippen LogP contribution is 2.43. The quantitative estimate of drug-likeness (QED) is 0.181. The monoisotopic (exact) mass is 643 g/mol. The average molecular weight is 644 g/mol. The smallest absolute Gasteiger partial charge is 0.165 e. The molecule has 0 fully saturated rings. The molecule has 0 aliphatic carbocycles. The number of nitrogens with zero attached hydrogens (tertiary/aromatic N) is 3. The van der Waals surface area contributed by atoms with Crippen molar-refractivity contribution < 1.29 is 0 Å². The van der Waals surface area contributed by atoms with E-state index in [1.165, 1.54) is 36.9 Å². The Bertz CT molecular complexity index is 2580. The van der Waals surface area contributed by atoms with Crippen LogP contribution >= 0.6 is 11.3 Å². The van der Waals surface area contributed by atoms with Crippen LogP contribution in [0.5, 0.6) is 0 Å². The van der Waals surface area contributed by atoms with Crippen molar-refractivity contribution in [3.63, 3.8) is 0 Å². The van der Waals surface area contributed by atoms with E-state index >= 15 is 0 Å². The van der Waals surface area contributed by atoms with E-state index in [1.807, 2.05) is 12.1 Å². The third kappa shape index (κ3) is 5.48. The Kier molecular flexibility index (Phi) is 7.34. The van der Waals surface area contributed by atoms with Crippen LogP contribution in [0.2, 0.25) is 0 Å². The van der Waals surface area contributed by atoms with Crippen LogP contribution in [0.4, 0.5) is 0 Å². The highest BCUT2D eigenvalue weighted by atomic mass is 32.1. The molecule has 3 nitrogen and oxygen atoms in total. The molecule has 4 heteroatoms. The Morgan fingerprint density at radius 1 is 0.286 bits per heavy atom. The third-order valence-electron chi connectivity index (χ3n) is 8.96. The summed E-state index contributed by atoms with van der Waals surface area (Å²) in [6.45, 7) is 0. The zero-order valence-corrected chi connectivity index (χ0v) is 27.3. The molecule has 0 N–H and O–H groups in total. The molecule has 0 aliphatic heterocycles. The molecule has 0 bridgehead atoms. The minimum atomic E-state index is 0.646. The standard InChI is InChI=1S/C45H29N3S/c1-4-13-30(14-5-1)32-25-27-34(28-26-32)43-46-44(36-20-10-19-35(29-36)31-15-6-2-7-16-31)48-45(47-43)40-24-12-23-39-38-22-11-21-37(41(38)49-42(39)40)33-17-8-3-9-18-33/h1-29H. The topological polar surface area (TPSA) is 38.7 Å². The molecule has 0 saturated heterocycles. The maximum absolute atomic E-state index is 5.18. The Morgan fingerprint density at radius 3 is 1.37 bits per heavy atom. The first-order valence-corrected chi connectivity index (χ1v) is 17.2. The Balaban J connectivity index is 1.23. The van der Waals surface area contributed by atoms with Crippen molar-refractivity contribution in [3.8, 4) is 67.5 Å². The molecule has 0 amide bonds. The summed E-state index contributed by atoms with van der Waals surface area (Å²) < 4.78 is 2.43. The highest BCUT2D eigenvalue weighted by molar-refractivity contribution is 7.26. The van der Waals surface area contributed by atoms with E-state index in [2.05, 4.69) is 164 Å². The van der Waals surface area contributed by atoms with Gasteiger partial charge in [0, 0.05) is 36.9 Å². The van der Waals surface area contributed by atoms with Crippen LogP contribution in [0, 0.1) is 0 Å². The lowest BCUT2D eigenvalue weighted by Crippen LogP contribution is -2.00. The van der Waals surface area contributed by atoms with E-state index in [0.717, 1.165) is 33.4 Å². The van der Waals surface area contributed by atoms with Crippen molar-refractivity contribution in [1.29, 1.82) is 0 Å². The van der Waals surface area contributed by atoms with Gasteiger partial charge in [-0.25, -0.2) is 15.0 Å². The van der Waals surface area contributed by atoms with Gasteiger partial charge in [0.2, 0.25) is 0 Å². The fourth-order valence-corrected chi connectivity index (χ4v) is 7.85. The zero-order valence-electron chi connectivity index (χ0n) is 26.5. The first kappa shape index (κ1) is 29.0. The molecule has 0 radical (unpaired) electrons. The van der Waals surface area contributed by atoms with E-state index in [-0.39, 0.29) is 0 Å². The van der Waals surface area contributed by atoms with Gasteiger partial charge in [0.25, 0.3) is 0 Å². The van der Waals surface area contributed by atoms with Crippen molar-refractivity contribution in [1.82, 2.24) is 15.0 Å². The number of hydrogen-bond acceptors (Lipinski definition) is 4.